The molecule has 2 rings (SSSR count). The lowest BCUT2D eigenvalue weighted by molar-refractivity contribution is -0.130. The number of carbonyl (C=O) groups excluding carboxylic acids is 2. The van der Waals surface area contributed by atoms with Gasteiger partial charge in [-0.25, -0.2) is 8.78 Å². The summed E-state index contributed by atoms with van der Waals surface area (Å²) in [7, 11) is 0. The number of halogens is 6. The number of carbonyl (C=O) groups is 2. The summed E-state index contributed by atoms with van der Waals surface area (Å²) < 4.78 is 85.7. The van der Waals surface area contributed by atoms with Crippen LogP contribution in [0.5, 0.6) is 11.5 Å². The molecular formula is C21H18F6N2O4. The number of hydrogen-bond donors (Lipinski definition) is 1. The van der Waals surface area contributed by atoms with Gasteiger partial charge in [0.15, 0.2) is 0 Å². The van der Waals surface area contributed by atoms with E-state index >= 15 is 0 Å². The second kappa shape index (κ2) is 11.8. The van der Waals surface area contributed by atoms with Gasteiger partial charge in [0.2, 0.25) is 11.8 Å². The number of nitrogens with one attached hydrogen (secondary N) is 1. The molecule has 2 aromatic carbocycles. The van der Waals surface area contributed by atoms with Crippen molar-refractivity contribution in [2.45, 2.75) is 20.1 Å². The largest absolute Gasteiger partial charge is 0.435 e. The van der Waals surface area contributed by atoms with Crippen molar-refractivity contribution < 1.29 is 45.4 Å². The van der Waals surface area contributed by atoms with Gasteiger partial charge in [-0.2, -0.15) is 17.6 Å². The Hall–Kier alpha value is -3.70. The number of alkyl halides is 4. The number of para-hydroxylation sites is 1. The van der Waals surface area contributed by atoms with Gasteiger partial charge in [-0.15, -0.1) is 0 Å². The van der Waals surface area contributed by atoms with Crippen molar-refractivity contribution >= 4 is 23.6 Å². The normalized spacial score (nSPS) is 11.2. The van der Waals surface area contributed by atoms with Crippen LogP contribution in [0.1, 0.15) is 12.5 Å². The van der Waals surface area contributed by atoms with E-state index in [4.69, 9.17) is 0 Å². The van der Waals surface area contributed by atoms with Gasteiger partial charge in [-0.3, -0.25) is 9.59 Å². The van der Waals surface area contributed by atoms with Gasteiger partial charge in [0, 0.05) is 24.3 Å². The van der Waals surface area contributed by atoms with Crippen LogP contribution in [0.2, 0.25) is 0 Å². The van der Waals surface area contributed by atoms with Gasteiger partial charge in [0.05, 0.1) is 0 Å². The van der Waals surface area contributed by atoms with Crippen molar-refractivity contribution in [3.8, 4) is 11.5 Å². The zero-order chi connectivity index (χ0) is 24.5. The fourth-order valence-corrected chi connectivity index (χ4v) is 2.61. The van der Waals surface area contributed by atoms with Crippen LogP contribution in [-0.4, -0.2) is 43.0 Å². The molecule has 6 nitrogen and oxygen atoms in total. The molecule has 0 saturated heterocycles. The topological polar surface area (TPSA) is 67.9 Å². The molecule has 0 radical (unpaired) electrons. The van der Waals surface area contributed by atoms with Gasteiger partial charge in [-0.05, 0) is 37.3 Å². The number of ether oxygens (including phenoxy) is 2. The van der Waals surface area contributed by atoms with Crippen molar-refractivity contribution in [3.05, 3.63) is 59.7 Å². The van der Waals surface area contributed by atoms with E-state index in [0.717, 1.165) is 53.5 Å². The number of nitrogens with zero attached hydrogens (tertiary/aromatic N) is 1. The van der Waals surface area contributed by atoms with Crippen LogP contribution in [0.15, 0.2) is 42.5 Å². The van der Waals surface area contributed by atoms with E-state index < -0.39 is 60.4 Å². The van der Waals surface area contributed by atoms with E-state index in [9.17, 15) is 35.9 Å². The molecule has 0 fully saturated rings. The molecule has 0 aliphatic heterocycles. The molecule has 0 aromatic heterocycles. The summed E-state index contributed by atoms with van der Waals surface area (Å²) in [4.78, 5) is 25.5. The van der Waals surface area contributed by atoms with Crippen molar-refractivity contribution in [1.29, 1.82) is 0 Å². The van der Waals surface area contributed by atoms with E-state index in [1.807, 2.05) is 5.32 Å². The second-order valence-electron chi connectivity index (χ2n) is 6.29. The molecular weight excluding hydrogens is 458 g/mol. The van der Waals surface area contributed by atoms with Gasteiger partial charge in [0.1, 0.15) is 35.4 Å². The second-order valence-corrected chi connectivity index (χ2v) is 6.29. The Labute approximate surface area is 184 Å². The van der Waals surface area contributed by atoms with Crippen LogP contribution in [0.25, 0.3) is 6.08 Å². The number of amides is 2. The van der Waals surface area contributed by atoms with Gasteiger partial charge < -0.3 is 19.7 Å². The van der Waals surface area contributed by atoms with Crippen LogP contribution in [-0.2, 0) is 9.59 Å². The van der Waals surface area contributed by atoms with Crippen molar-refractivity contribution in [3.63, 3.8) is 0 Å². The Kier molecular flexibility index (Phi) is 9.13. The standard InChI is InChI=1S/C21H18F6N2O4/c1-2-29(11-17(30)28-19-14(22)4-3-5-15(19)23)18(31)9-7-12-6-8-13(32-20(24)25)10-16(12)33-21(26)27/h3-10,20-21H,2,11H2,1H3,(H,28,30)/b9-7+. The summed E-state index contributed by atoms with van der Waals surface area (Å²) in [5, 5.41) is 2.04. The quantitative estimate of drug-likeness (QED) is 0.400. The highest BCUT2D eigenvalue weighted by Gasteiger charge is 2.17. The number of anilines is 1. The first-order valence-corrected chi connectivity index (χ1v) is 9.35. The van der Waals surface area contributed by atoms with Crippen LogP contribution >= 0.6 is 0 Å². The summed E-state index contributed by atoms with van der Waals surface area (Å²) in [5.74, 6) is -4.57. The Bertz CT molecular complexity index is 996. The third kappa shape index (κ3) is 7.74. The van der Waals surface area contributed by atoms with Gasteiger partial charge in [-0.1, -0.05) is 6.07 Å². The zero-order valence-corrected chi connectivity index (χ0v) is 17.0. The highest BCUT2D eigenvalue weighted by Crippen LogP contribution is 2.28. The van der Waals surface area contributed by atoms with Crippen LogP contribution in [0.3, 0.4) is 0 Å². The third-order valence-corrected chi connectivity index (χ3v) is 4.09. The maximum atomic E-state index is 13.7. The molecule has 178 valence electrons. The van der Waals surface area contributed by atoms with E-state index in [0.29, 0.717) is 0 Å². The minimum atomic E-state index is -3.27. The predicted octanol–water partition coefficient (Wildman–Crippen LogP) is 4.67. The lowest BCUT2D eigenvalue weighted by atomic mass is 10.1. The number of hydrogen-bond acceptors (Lipinski definition) is 4. The molecule has 0 heterocycles. The molecule has 0 spiro atoms. The zero-order valence-electron chi connectivity index (χ0n) is 17.0. The average Bonchev–Trinajstić information content (AvgIpc) is 2.73. The van der Waals surface area contributed by atoms with Gasteiger partial charge in [0.25, 0.3) is 0 Å². The first-order valence-electron chi connectivity index (χ1n) is 9.35. The fraction of sp³-hybridized carbons (Fsp3) is 0.238. The number of rotatable bonds is 10. The molecule has 2 amide bonds. The third-order valence-electron chi connectivity index (χ3n) is 4.09. The Balaban J connectivity index is 2.12. The summed E-state index contributed by atoms with van der Waals surface area (Å²) in [5.41, 5.74) is -0.722. The Morgan fingerprint density at radius 3 is 2.24 bits per heavy atom. The summed E-state index contributed by atoms with van der Waals surface area (Å²) in [6.45, 7) is -5.46. The summed E-state index contributed by atoms with van der Waals surface area (Å²) in [6.07, 6.45) is 2.01. The SMILES string of the molecule is CCN(CC(=O)Nc1c(F)cccc1F)C(=O)/C=C/c1ccc(OC(F)F)cc1OC(F)F. The average molecular weight is 476 g/mol. The lowest BCUT2D eigenvalue weighted by Crippen LogP contribution is -2.37. The van der Waals surface area contributed by atoms with Crippen molar-refractivity contribution in [1.82, 2.24) is 4.90 Å². The highest BCUT2D eigenvalue weighted by atomic mass is 19.3. The predicted molar refractivity (Wildman–Crippen MR) is 106 cm³/mol. The lowest BCUT2D eigenvalue weighted by Gasteiger charge is -2.19. The van der Waals surface area contributed by atoms with E-state index in [-0.39, 0.29) is 12.1 Å². The minimum Gasteiger partial charge on any atom is -0.435 e. The summed E-state index contributed by atoms with van der Waals surface area (Å²) >= 11 is 0. The van der Waals surface area contributed by atoms with Crippen LogP contribution in [0, 0.1) is 11.6 Å². The Morgan fingerprint density at radius 2 is 1.67 bits per heavy atom. The maximum absolute atomic E-state index is 13.7. The molecule has 0 atom stereocenters. The molecule has 0 aliphatic carbocycles. The molecule has 0 unspecified atom stereocenters. The maximum Gasteiger partial charge on any atom is 0.387 e. The van der Waals surface area contributed by atoms with E-state index in [1.54, 1.807) is 0 Å². The van der Waals surface area contributed by atoms with E-state index in [2.05, 4.69) is 9.47 Å². The molecule has 0 aliphatic rings. The molecule has 33 heavy (non-hydrogen) atoms. The first-order chi connectivity index (χ1) is 15.6. The molecule has 2 aromatic rings. The highest BCUT2D eigenvalue weighted by molar-refractivity contribution is 5.98. The molecule has 0 bridgehead atoms. The first kappa shape index (κ1) is 25.6. The van der Waals surface area contributed by atoms with Crippen LogP contribution < -0.4 is 14.8 Å². The monoisotopic (exact) mass is 476 g/mol. The smallest absolute Gasteiger partial charge is 0.387 e. The number of likely N-dealkylation sites (N-methyl/N-ethyl adjacent to an activating group) is 1. The van der Waals surface area contributed by atoms with E-state index in [1.165, 1.54) is 6.92 Å². The fourth-order valence-electron chi connectivity index (χ4n) is 2.61. The van der Waals surface area contributed by atoms with Crippen LogP contribution in [0.4, 0.5) is 32.0 Å². The van der Waals surface area contributed by atoms with Gasteiger partial charge >= 0.3 is 13.2 Å². The summed E-state index contributed by atoms with van der Waals surface area (Å²) in [6, 6.07) is 5.98. The van der Waals surface area contributed by atoms with Crippen molar-refractivity contribution in [2.24, 2.45) is 0 Å². The molecule has 1 N–H and O–H groups in total. The minimum absolute atomic E-state index is 0.0257. The van der Waals surface area contributed by atoms with Crippen molar-refractivity contribution in [2.75, 3.05) is 18.4 Å². The molecule has 0 saturated carbocycles. The molecule has 12 heteroatoms. The number of benzene rings is 2. The Morgan fingerprint density at radius 1 is 1.03 bits per heavy atom.